The Labute approximate surface area is 157 Å². The Hall–Kier alpha value is -1.05. The van der Waals surface area contributed by atoms with Crippen LogP contribution in [-0.2, 0) is 9.47 Å². The van der Waals surface area contributed by atoms with Crippen LogP contribution in [0.4, 0.5) is 0 Å². The monoisotopic (exact) mass is 380 g/mol. The number of methoxy groups -OCH3 is 1. The van der Waals surface area contributed by atoms with Crippen LogP contribution >= 0.6 is 0 Å². The van der Waals surface area contributed by atoms with Crippen LogP contribution in [0.5, 0.6) is 0 Å². The van der Waals surface area contributed by atoms with Gasteiger partial charge in [0.15, 0.2) is 11.6 Å². The van der Waals surface area contributed by atoms with Crippen LogP contribution in [-0.4, -0.2) is 54.9 Å². The number of rotatable bonds is 6. The highest BCUT2D eigenvalue weighted by Gasteiger charge is 2.57. The Kier molecular flexibility index (Phi) is 6.15. The van der Waals surface area contributed by atoms with E-state index in [0.29, 0.717) is 18.4 Å². The molecule has 1 saturated heterocycles. The smallest absolute Gasteiger partial charge is 0.193 e. The van der Waals surface area contributed by atoms with Gasteiger partial charge in [0.25, 0.3) is 0 Å². The fraction of sp³-hybridized carbons (Fsp3) is 0.650. The second kappa shape index (κ2) is 7.52. The van der Waals surface area contributed by atoms with Gasteiger partial charge < -0.3 is 19.7 Å². The molecule has 1 aromatic rings. The molecule has 4 atom stereocenters. The molecule has 2 rings (SSSR count). The Morgan fingerprint density at radius 1 is 1.27 bits per heavy atom. The van der Waals surface area contributed by atoms with Gasteiger partial charge in [-0.25, -0.2) is 0 Å². The van der Waals surface area contributed by atoms with Crippen molar-refractivity contribution in [3.05, 3.63) is 35.9 Å². The molecule has 6 heteroatoms. The van der Waals surface area contributed by atoms with Crippen molar-refractivity contribution >= 4 is 13.9 Å². The zero-order valence-electron chi connectivity index (χ0n) is 16.7. The number of Topliss-reactive ketones (excluding diaryl/α,β-unsaturated/α-hetero) is 1. The maximum absolute atomic E-state index is 12.5. The minimum Gasteiger partial charge on any atom is -0.391 e. The van der Waals surface area contributed by atoms with E-state index >= 15 is 0 Å². The topological polar surface area (TPSA) is 76.0 Å². The molecule has 0 spiro atoms. The lowest BCUT2D eigenvalue weighted by Gasteiger charge is -2.47. The van der Waals surface area contributed by atoms with Crippen molar-refractivity contribution in [2.75, 3.05) is 7.11 Å². The molecule has 1 aliphatic rings. The minimum atomic E-state index is -2.18. The molecular weight excluding hydrogens is 348 g/mol. The summed E-state index contributed by atoms with van der Waals surface area (Å²) in [6.45, 7) is 10.6. The van der Waals surface area contributed by atoms with Crippen LogP contribution in [0.1, 0.15) is 44.0 Å². The highest BCUT2D eigenvalue weighted by atomic mass is 28.3. The highest BCUT2D eigenvalue weighted by molar-refractivity contribution is 6.81. The van der Waals surface area contributed by atoms with Crippen molar-refractivity contribution in [1.29, 1.82) is 0 Å². The summed E-state index contributed by atoms with van der Waals surface area (Å²) in [6, 6.07) is 8.69. The van der Waals surface area contributed by atoms with E-state index in [2.05, 4.69) is 33.9 Å². The summed E-state index contributed by atoms with van der Waals surface area (Å²) in [5.74, 6) is -1.55. The quantitative estimate of drug-likeness (QED) is 0.586. The van der Waals surface area contributed by atoms with Gasteiger partial charge in [-0.2, -0.15) is 0 Å². The molecule has 26 heavy (non-hydrogen) atoms. The lowest BCUT2D eigenvalue weighted by molar-refractivity contribution is -0.252. The molecule has 2 N–H and O–H groups in total. The van der Waals surface area contributed by atoms with E-state index < -0.39 is 31.8 Å². The third-order valence-electron chi connectivity index (χ3n) is 6.19. The molecular formula is C20H32O5Si. The SMILES string of the molecule is CO[C@]1(C(O)[Si](C)(C)C(C)(C)C)CC[C@@H](C(O)C(=O)c2ccccc2)O1. The van der Waals surface area contributed by atoms with Crippen molar-refractivity contribution < 1.29 is 24.5 Å². The molecule has 5 nitrogen and oxygen atoms in total. The van der Waals surface area contributed by atoms with Gasteiger partial charge in [-0.1, -0.05) is 64.2 Å². The van der Waals surface area contributed by atoms with Gasteiger partial charge in [-0.3, -0.25) is 4.79 Å². The Morgan fingerprint density at radius 3 is 2.35 bits per heavy atom. The molecule has 0 saturated carbocycles. The van der Waals surface area contributed by atoms with Crippen molar-refractivity contribution in [3.63, 3.8) is 0 Å². The van der Waals surface area contributed by atoms with Crippen molar-refractivity contribution in [1.82, 2.24) is 0 Å². The number of carbonyl (C=O) groups is 1. The first-order valence-corrected chi connectivity index (χ1v) is 12.2. The standard InChI is InChI=1S/C20H32O5Si/c1-19(2,3)26(5,6)18(23)20(24-4)13-12-15(25-20)17(22)16(21)14-10-8-7-9-11-14/h7-11,15,17-18,22-23H,12-13H2,1-6H3/t15-,17?,18?,20+/m0/s1. The van der Waals surface area contributed by atoms with Gasteiger partial charge in [-0.05, 0) is 11.5 Å². The minimum absolute atomic E-state index is 0.0577. The second-order valence-electron chi connectivity index (χ2n) is 8.76. The number of ether oxygens (including phenoxy) is 2. The van der Waals surface area contributed by atoms with Gasteiger partial charge >= 0.3 is 0 Å². The summed E-state index contributed by atoms with van der Waals surface area (Å²) in [7, 11) is -0.665. The first-order chi connectivity index (χ1) is 12.0. The third kappa shape index (κ3) is 3.80. The highest BCUT2D eigenvalue weighted by Crippen LogP contribution is 2.46. The molecule has 0 bridgehead atoms. The van der Waals surface area contributed by atoms with Crippen LogP contribution in [0.3, 0.4) is 0 Å². The normalized spacial score (nSPS) is 26.5. The average Bonchev–Trinajstić information content (AvgIpc) is 3.05. The van der Waals surface area contributed by atoms with E-state index in [-0.39, 0.29) is 10.8 Å². The van der Waals surface area contributed by atoms with Gasteiger partial charge in [0.05, 0.1) is 19.9 Å². The van der Waals surface area contributed by atoms with Gasteiger partial charge in [-0.15, -0.1) is 0 Å². The summed E-state index contributed by atoms with van der Waals surface area (Å²) in [5.41, 5.74) is -0.326. The summed E-state index contributed by atoms with van der Waals surface area (Å²) >= 11 is 0. The molecule has 0 amide bonds. The fourth-order valence-electron chi connectivity index (χ4n) is 3.30. The molecule has 0 radical (unpaired) electrons. The van der Waals surface area contributed by atoms with E-state index in [1.165, 1.54) is 7.11 Å². The zero-order valence-corrected chi connectivity index (χ0v) is 17.7. The van der Waals surface area contributed by atoms with Crippen LogP contribution in [0.2, 0.25) is 18.1 Å². The van der Waals surface area contributed by atoms with Crippen LogP contribution in [0.15, 0.2) is 30.3 Å². The largest absolute Gasteiger partial charge is 0.391 e. The number of hydrogen-bond acceptors (Lipinski definition) is 5. The lowest BCUT2D eigenvalue weighted by atomic mass is 10.0. The third-order valence-corrected chi connectivity index (χ3v) is 11.9. The molecule has 1 aromatic carbocycles. The van der Waals surface area contributed by atoms with Crippen molar-refractivity contribution in [3.8, 4) is 0 Å². The summed E-state index contributed by atoms with van der Waals surface area (Å²) in [6.07, 6.45) is -1.07. The fourth-order valence-corrected chi connectivity index (χ4v) is 5.55. The molecule has 2 unspecified atom stereocenters. The van der Waals surface area contributed by atoms with E-state index in [1.807, 2.05) is 6.07 Å². The van der Waals surface area contributed by atoms with Gasteiger partial charge in [0.2, 0.25) is 0 Å². The predicted molar refractivity (Wildman–Crippen MR) is 104 cm³/mol. The zero-order chi connectivity index (χ0) is 19.8. The Bertz CT molecular complexity index is 625. The average molecular weight is 381 g/mol. The predicted octanol–water partition coefficient (Wildman–Crippen LogP) is 3.16. The number of benzene rings is 1. The first kappa shape index (κ1) is 21.2. The maximum Gasteiger partial charge on any atom is 0.193 e. The summed E-state index contributed by atoms with van der Waals surface area (Å²) in [5, 5.41) is 21.6. The van der Waals surface area contributed by atoms with Crippen molar-refractivity contribution in [2.24, 2.45) is 0 Å². The molecule has 1 aliphatic heterocycles. The molecule has 0 aromatic heterocycles. The maximum atomic E-state index is 12.5. The first-order valence-electron chi connectivity index (χ1n) is 9.14. The Morgan fingerprint density at radius 2 is 1.85 bits per heavy atom. The number of ketones is 1. The van der Waals surface area contributed by atoms with E-state index in [1.54, 1.807) is 24.3 Å². The number of aliphatic hydroxyl groups excluding tert-OH is 2. The van der Waals surface area contributed by atoms with Crippen LogP contribution in [0.25, 0.3) is 0 Å². The number of carbonyl (C=O) groups excluding carboxylic acids is 1. The van der Waals surface area contributed by atoms with Crippen LogP contribution in [0, 0.1) is 0 Å². The summed E-state index contributed by atoms with van der Waals surface area (Å²) < 4.78 is 11.7. The van der Waals surface area contributed by atoms with Crippen molar-refractivity contribution in [2.45, 2.75) is 75.5 Å². The van der Waals surface area contributed by atoms with Gasteiger partial charge in [0, 0.05) is 19.1 Å². The van der Waals surface area contributed by atoms with E-state index in [4.69, 9.17) is 9.47 Å². The molecule has 1 fully saturated rings. The van der Waals surface area contributed by atoms with E-state index in [0.717, 1.165) is 0 Å². The summed E-state index contributed by atoms with van der Waals surface area (Å²) in [4.78, 5) is 12.5. The number of hydrogen-bond donors (Lipinski definition) is 2. The van der Waals surface area contributed by atoms with E-state index in [9.17, 15) is 15.0 Å². The molecule has 146 valence electrons. The van der Waals surface area contributed by atoms with Gasteiger partial charge in [0.1, 0.15) is 6.10 Å². The molecule has 1 heterocycles. The Balaban J connectivity index is 2.19. The second-order valence-corrected chi connectivity index (χ2v) is 14.3. The molecule has 0 aliphatic carbocycles. The van der Waals surface area contributed by atoms with Crippen LogP contribution < -0.4 is 0 Å². The lowest BCUT2D eigenvalue weighted by Crippen LogP contribution is -2.62. The number of aliphatic hydroxyl groups is 2.